The third-order valence-corrected chi connectivity index (χ3v) is 3.09. The van der Waals surface area contributed by atoms with Crippen molar-refractivity contribution < 1.29 is 9.30 Å². The third kappa shape index (κ3) is 1.14. The molecular formula is C9H11N2OS+. The molecule has 0 aliphatic carbocycles. The first kappa shape index (κ1) is 8.31. The second-order valence-electron chi connectivity index (χ2n) is 2.81. The van der Waals surface area contributed by atoms with Gasteiger partial charge in [0.15, 0.2) is 11.3 Å². The highest BCUT2D eigenvalue weighted by molar-refractivity contribution is 7.21. The molecule has 2 N–H and O–H groups in total. The Kier molecular flexibility index (Phi) is 1.84. The second kappa shape index (κ2) is 2.88. The first-order chi connectivity index (χ1) is 6.24. The third-order valence-electron chi connectivity index (χ3n) is 2.06. The van der Waals surface area contributed by atoms with Crippen molar-refractivity contribution >= 4 is 26.7 Å². The molecule has 0 fully saturated rings. The summed E-state index contributed by atoms with van der Waals surface area (Å²) in [5.74, 6) is 0.868. The average molecular weight is 195 g/mol. The topological polar surface area (TPSA) is 39.1 Å². The van der Waals surface area contributed by atoms with Gasteiger partial charge in [0.05, 0.1) is 18.9 Å². The van der Waals surface area contributed by atoms with Crippen LogP contribution in [0.1, 0.15) is 0 Å². The van der Waals surface area contributed by atoms with Gasteiger partial charge in [0.25, 0.3) is 0 Å². The van der Waals surface area contributed by atoms with Crippen molar-refractivity contribution in [3.63, 3.8) is 0 Å². The van der Waals surface area contributed by atoms with Gasteiger partial charge < -0.3 is 4.74 Å². The van der Waals surface area contributed by atoms with Crippen molar-refractivity contribution in [2.75, 3.05) is 12.8 Å². The van der Waals surface area contributed by atoms with E-state index in [1.54, 1.807) is 18.4 Å². The first-order valence-corrected chi connectivity index (χ1v) is 4.76. The fourth-order valence-corrected chi connectivity index (χ4v) is 2.31. The van der Waals surface area contributed by atoms with Crippen LogP contribution in [-0.4, -0.2) is 7.11 Å². The van der Waals surface area contributed by atoms with E-state index in [9.17, 15) is 0 Å². The molecular weight excluding hydrogens is 184 g/mol. The number of hydrogen-bond donors (Lipinski definition) is 1. The van der Waals surface area contributed by atoms with E-state index in [0.29, 0.717) is 0 Å². The van der Waals surface area contributed by atoms with Crippen LogP contribution >= 0.6 is 11.3 Å². The molecule has 13 heavy (non-hydrogen) atoms. The summed E-state index contributed by atoms with van der Waals surface area (Å²) in [4.78, 5) is 0. The molecule has 0 aliphatic rings. The van der Waals surface area contributed by atoms with Crippen molar-refractivity contribution in [2.45, 2.75) is 0 Å². The number of benzene rings is 1. The van der Waals surface area contributed by atoms with Crippen LogP contribution in [0.15, 0.2) is 18.2 Å². The maximum absolute atomic E-state index is 5.80. The molecule has 0 amide bonds. The van der Waals surface area contributed by atoms with Gasteiger partial charge in [-0.05, 0) is 23.5 Å². The lowest BCUT2D eigenvalue weighted by atomic mass is 10.3. The summed E-state index contributed by atoms with van der Waals surface area (Å²) >= 11 is 1.57. The zero-order valence-corrected chi connectivity index (χ0v) is 8.39. The van der Waals surface area contributed by atoms with Gasteiger partial charge in [0.1, 0.15) is 0 Å². The predicted octanol–water partition coefficient (Wildman–Crippen LogP) is 1.32. The Balaban J connectivity index is 2.87. The minimum Gasteiger partial charge on any atom is -0.492 e. The van der Waals surface area contributed by atoms with E-state index in [1.165, 1.54) is 0 Å². The number of hydrogen-bond acceptors (Lipinski definition) is 3. The molecule has 0 unspecified atom stereocenters. The molecule has 0 bridgehead atoms. The molecule has 0 radical (unpaired) electrons. The van der Waals surface area contributed by atoms with Gasteiger partial charge in [-0.1, -0.05) is 6.07 Å². The van der Waals surface area contributed by atoms with E-state index < -0.39 is 0 Å². The summed E-state index contributed by atoms with van der Waals surface area (Å²) in [5, 5.41) is 0.791. The molecule has 1 aromatic heterocycles. The maximum atomic E-state index is 5.80. The highest BCUT2D eigenvalue weighted by Gasteiger charge is 2.14. The first-order valence-electron chi connectivity index (χ1n) is 3.95. The number of thiazole rings is 1. The Morgan fingerprint density at radius 3 is 2.92 bits per heavy atom. The van der Waals surface area contributed by atoms with E-state index in [0.717, 1.165) is 21.1 Å². The zero-order chi connectivity index (χ0) is 9.42. The van der Waals surface area contributed by atoms with Crippen LogP contribution in [-0.2, 0) is 7.05 Å². The summed E-state index contributed by atoms with van der Waals surface area (Å²) in [6.07, 6.45) is 0. The highest BCUT2D eigenvalue weighted by Crippen LogP contribution is 2.28. The molecule has 1 aromatic carbocycles. The van der Waals surface area contributed by atoms with Gasteiger partial charge in [-0.25, -0.2) is 4.57 Å². The van der Waals surface area contributed by atoms with Gasteiger partial charge in [-0.2, -0.15) is 0 Å². The fourth-order valence-electron chi connectivity index (χ4n) is 1.37. The number of aryl methyl sites for hydroxylation is 1. The average Bonchev–Trinajstić information content (AvgIpc) is 2.43. The molecule has 4 heteroatoms. The second-order valence-corrected chi connectivity index (χ2v) is 3.87. The minimum absolute atomic E-state index is 0.791. The highest BCUT2D eigenvalue weighted by atomic mass is 32.1. The molecule has 0 spiro atoms. The van der Waals surface area contributed by atoms with Crippen molar-refractivity contribution in [3.8, 4) is 5.75 Å². The van der Waals surface area contributed by atoms with Crippen LogP contribution in [0.2, 0.25) is 0 Å². The van der Waals surface area contributed by atoms with Crippen LogP contribution in [0, 0.1) is 0 Å². The monoisotopic (exact) mass is 195 g/mol. The number of nitrogen functional groups attached to an aromatic ring is 1. The fraction of sp³-hybridized carbons (Fsp3) is 0.222. The molecule has 1 heterocycles. The van der Waals surface area contributed by atoms with Crippen LogP contribution in [0.25, 0.3) is 10.2 Å². The number of nitrogens with zero attached hydrogens (tertiary/aromatic N) is 1. The molecule has 2 rings (SSSR count). The maximum Gasteiger partial charge on any atom is 0.332 e. The Hall–Kier alpha value is -1.29. The normalized spacial score (nSPS) is 10.6. The van der Waals surface area contributed by atoms with Gasteiger partial charge in [0.2, 0.25) is 0 Å². The Bertz CT molecular complexity index is 450. The van der Waals surface area contributed by atoms with Crippen LogP contribution in [0.5, 0.6) is 5.75 Å². The molecule has 68 valence electrons. The molecule has 0 atom stereocenters. The van der Waals surface area contributed by atoms with Gasteiger partial charge in [0, 0.05) is 0 Å². The summed E-state index contributed by atoms with van der Waals surface area (Å²) in [7, 11) is 3.61. The van der Waals surface area contributed by atoms with Crippen LogP contribution in [0.3, 0.4) is 0 Å². The Labute approximate surface area is 80.4 Å². The number of ether oxygens (including phenoxy) is 1. The SMILES string of the molecule is COc1cccc2sc(N)[n+](C)c12. The van der Waals surface area contributed by atoms with Crippen molar-refractivity contribution in [1.29, 1.82) is 0 Å². The molecule has 2 aromatic rings. The number of nitrogens with two attached hydrogens (primary N) is 1. The summed E-state index contributed by atoms with van der Waals surface area (Å²) in [6.45, 7) is 0. The number of aromatic nitrogens is 1. The molecule has 0 saturated heterocycles. The molecule has 0 aliphatic heterocycles. The van der Waals surface area contributed by atoms with Crippen molar-refractivity contribution in [1.82, 2.24) is 0 Å². The van der Waals surface area contributed by atoms with E-state index in [4.69, 9.17) is 10.5 Å². The number of rotatable bonds is 1. The summed E-state index contributed by atoms with van der Waals surface area (Å²) < 4.78 is 8.35. The Morgan fingerprint density at radius 1 is 1.46 bits per heavy atom. The van der Waals surface area contributed by atoms with Crippen molar-refractivity contribution in [3.05, 3.63) is 18.2 Å². The van der Waals surface area contributed by atoms with E-state index in [1.807, 2.05) is 29.8 Å². The molecule has 3 nitrogen and oxygen atoms in total. The molecule has 0 saturated carbocycles. The van der Waals surface area contributed by atoms with Crippen LogP contribution in [0.4, 0.5) is 5.13 Å². The van der Waals surface area contributed by atoms with Gasteiger partial charge in [-0.15, -0.1) is 0 Å². The van der Waals surface area contributed by atoms with E-state index >= 15 is 0 Å². The van der Waals surface area contributed by atoms with E-state index in [2.05, 4.69) is 0 Å². The number of methoxy groups -OCH3 is 1. The van der Waals surface area contributed by atoms with Gasteiger partial charge in [-0.3, -0.25) is 5.73 Å². The standard InChI is InChI=1S/C9H10N2OS/c1-11-8-6(12-2)4-3-5-7(8)13-9(11)10/h3-5,10H,1-2H3/p+1. The lowest BCUT2D eigenvalue weighted by Gasteiger charge is -1.99. The van der Waals surface area contributed by atoms with Gasteiger partial charge >= 0.3 is 5.13 Å². The van der Waals surface area contributed by atoms with E-state index in [-0.39, 0.29) is 0 Å². The van der Waals surface area contributed by atoms with Crippen molar-refractivity contribution in [2.24, 2.45) is 7.05 Å². The summed E-state index contributed by atoms with van der Waals surface area (Å²) in [5.41, 5.74) is 6.86. The number of para-hydroxylation sites is 1. The van der Waals surface area contributed by atoms with Crippen LogP contribution < -0.4 is 15.0 Å². The predicted molar refractivity (Wildman–Crippen MR) is 54.0 cm³/mol. The number of anilines is 1. The zero-order valence-electron chi connectivity index (χ0n) is 7.57. The lowest BCUT2D eigenvalue weighted by molar-refractivity contribution is -0.626. The quantitative estimate of drug-likeness (QED) is 0.697. The summed E-state index contributed by atoms with van der Waals surface area (Å²) in [6, 6.07) is 5.95. The smallest absolute Gasteiger partial charge is 0.332 e. The lowest BCUT2D eigenvalue weighted by Crippen LogP contribution is -2.29. The minimum atomic E-state index is 0.791. The largest absolute Gasteiger partial charge is 0.492 e. The Morgan fingerprint density at radius 2 is 2.23 bits per heavy atom. The number of fused-ring (bicyclic) bond motifs is 1.